The standard InChI is InChI=1S/C29H31FN6O6S/c1-18(2)27-25(13-12-23(37)14-24(38)15-26(39)40)28(19-4-6-20(30)7-5-19)34-29(33-27)36(43(3,41)42)22-10-8-21(9-11-22)35-17-31-16-32-35/h4-13,16-18,23-24,37-38H,14-15H2,1-3H3,(H,39,40)/b13-12+/t23-,24-/m1/s1. The van der Waals surface area contributed by atoms with Crippen molar-refractivity contribution in [1.29, 1.82) is 0 Å². The number of rotatable bonds is 12. The quantitative estimate of drug-likeness (QED) is 0.215. The number of carboxylic acid groups (broad SMARTS) is 1. The molecule has 0 saturated heterocycles. The van der Waals surface area contributed by atoms with Crippen LogP contribution in [0.5, 0.6) is 0 Å². The summed E-state index contributed by atoms with van der Waals surface area (Å²) in [5.74, 6) is -2.08. The smallest absolute Gasteiger partial charge is 0.305 e. The molecular weight excluding hydrogens is 579 g/mol. The summed E-state index contributed by atoms with van der Waals surface area (Å²) in [6, 6.07) is 12.0. The third-order valence-electron chi connectivity index (χ3n) is 6.32. The van der Waals surface area contributed by atoms with Crippen molar-refractivity contribution in [2.75, 3.05) is 10.6 Å². The van der Waals surface area contributed by atoms with E-state index in [2.05, 4.69) is 20.1 Å². The lowest BCUT2D eigenvalue weighted by molar-refractivity contribution is -0.139. The Hall–Kier alpha value is -4.53. The minimum atomic E-state index is -3.97. The number of aliphatic hydroxyl groups is 2. The molecule has 3 N–H and O–H groups in total. The molecule has 0 fully saturated rings. The van der Waals surface area contributed by atoms with Crippen molar-refractivity contribution in [1.82, 2.24) is 24.7 Å². The summed E-state index contributed by atoms with van der Waals surface area (Å²) in [6.45, 7) is 3.70. The lowest BCUT2D eigenvalue weighted by atomic mass is 9.97. The van der Waals surface area contributed by atoms with Gasteiger partial charge in [0.05, 0.1) is 47.6 Å². The molecule has 2 atom stereocenters. The molecule has 12 nitrogen and oxygen atoms in total. The molecule has 0 aliphatic rings. The first-order valence-corrected chi connectivity index (χ1v) is 15.1. The summed E-state index contributed by atoms with van der Waals surface area (Å²) in [7, 11) is -3.97. The average Bonchev–Trinajstić information content (AvgIpc) is 3.47. The number of aliphatic hydroxyl groups excluding tert-OH is 2. The molecule has 0 aliphatic heterocycles. The van der Waals surface area contributed by atoms with Crippen LogP contribution >= 0.6 is 0 Å². The maximum Gasteiger partial charge on any atom is 0.305 e. The number of hydrogen-bond donors (Lipinski definition) is 3. The van der Waals surface area contributed by atoms with Gasteiger partial charge < -0.3 is 15.3 Å². The van der Waals surface area contributed by atoms with E-state index in [0.717, 1.165) is 10.6 Å². The summed E-state index contributed by atoms with van der Waals surface area (Å²) < 4.78 is 42.7. The zero-order valence-corrected chi connectivity index (χ0v) is 24.4. The molecule has 4 aromatic rings. The van der Waals surface area contributed by atoms with Crippen molar-refractivity contribution >= 4 is 33.7 Å². The third kappa shape index (κ3) is 7.85. The maximum atomic E-state index is 13.9. The van der Waals surface area contributed by atoms with Crippen molar-refractivity contribution in [3.8, 4) is 16.9 Å². The molecule has 0 aliphatic carbocycles. The Kier molecular flexibility index (Phi) is 9.63. The Balaban J connectivity index is 1.85. The van der Waals surface area contributed by atoms with Gasteiger partial charge in [0.25, 0.3) is 0 Å². The van der Waals surface area contributed by atoms with Crippen molar-refractivity contribution in [2.24, 2.45) is 0 Å². The summed E-state index contributed by atoms with van der Waals surface area (Å²) in [5.41, 5.74) is 2.52. The number of carboxylic acids is 1. The summed E-state index contributed by atoms with van der Waals surface area (Å²) in [4.78, 5) is 24.1. The van der Waals surface area contributed by atoms with Crippen LogP contribution in [-0.4, -0.2) is 72.9 Å². The van der Waals surface area contributed by atoms with E-state index in [1.807, 2.05) is 13.8 Å². The van der Waals surface area contributed by atoms with E-state index < -0.39 is 40.4 Å². The molecule has 0 saturated carbocycles. The molecule has 226 valence electrons. The number of halogens is 1. The number of anilines is 2. The largest absolute Gasteiger partial charge is 0.481 e. The van der Waals surface area contributed by atoms with Crippen LogP contribution in [0.2, 0.25) is 0 Å². The number of nitrogens with zero attached hydrogens (tertiary/aromatic N) is 6. The van der Waals surface area contributed by atoms with E-state index in [0.29, 0.717) is 22.5 Å². The summed E-state index contributed by atoms with van der Waals surface area (Å²) in [5, 5.41) is 33.4. The molecule has 2 aromatic heterocycles. The van der Waals surface area contributed by atoms with Gasteiger partial charge in [-0.1, -0.05) is 26.0 Å². The van der Waals surface area contributed by atoms with E-state index in [1.165, 1.54) is 53.8 Å². The highest BCUT2D eigenvalue weighted by Gasteiger charge is 2.27. The SMILES string of the molecule is CC(C)c1nc(N(c2ccc(-n3cncn3)cc2)S(C)(=O)=O)nc(-c2ccc(F)cc2)c1/C=C/[C@@H](O)C[C@@H](O)CC(=O)O. The van der Waals surface area contributed by atoms with Crippen molar-refractivity contribution < 1.29 is 32.9 Å². The number of benzene rings is 2. The topological polar surface area (TPSA) is 172 Å². The molecule has 43 heavy (non-hydrogen) atoms. The highest BCUT2D eigenvalue weighted by atomic mass is 32.2. The molecule has 14 heteroatoms. The minimum absolute atomic E-state index is 0.145. The van der Waals surface area contributed by atoms with Gasteiger partial charge in [-0.05, 0) is 54.4 Å². The lowest BCUT2D eigenvalue weighted by Crippen LogP contribution is -2.27. The Morgan fingerprint density at radius 2 is 1.74 bits per heavy atom. The number of aliphatic carboxylic acids is 1. The van der Waals surface area contributed by atoms with E-state index in [9.17, 15) is 27.8 Å². The van der Waals surface area contributed by atoms with E-state index >= 15 is 0 Å². The highest BCUT2D eigenvalue weighted by molar-refractivity contribution is 7.92. The first-order chi connectivity index (χ1) is 20.3. The second kappa shape index (κ2) is 13.2. The number of hydrogen-bond acceptors (Lipinski definition) is 9. The lowest BCUT2D eigenvalue weighted by Gasteiger charge is -2.24. The first kappa shape index (κ1) is 31.4. The van der Waals surface area contributed by atoms with Crippen LogP contribution in [0.4, 0.5) is 16.0 Å². The average molecular weight is 611 g/mol. The van der Waals surface area contributed by atoms with Crippen LogP contribution in [0.25, 0.3) is 23.0 Å². The van der Waals surface area contributed by atoms with Gasteiger partial charge in [0.1, 0.15) is 18.5 Å². The zero-order valence-electron chi connectivity index (χ0n) is 23.6. The van der Waals surface area contributed by atoms with Gasteiger partial charge in [0.2, 0.25) is 16.0 Å². The van der Waals surface area contributed by atoms with Gasteiger partial charge in [-0.3, -0.25) is 4.79 Å². The Labute approximate surface area is 247 Å². The number of aromatic nitrogens is 5. The van der Waals surface area contributed by atoms with Crippen molar-refractivity contribution in [3.05, 3.63) is 84.3 Å². The van der Waals surface area contributed by atoms with Gasteiger partial charge in [-0.15, -0.1) is 0 Å². The normalized spacial score (nSPS) is 13.4. The van der Waals surface area contributed by atoms with Gasteiger partial charge in [0, 0.05) is 17.5 Å². The molecule has 0 spiro atoms. The Morgan fingerprint density at radius 3 is 2.30 bits per heavy atom. The first-order valence-electron chi connectivity index (χ1n) is 13.2. The Morgan fingerprint density at radius 1 is 1.07 bits per heavy atom. The monoisotopic (exact) mass is 610 g/mol. The fourth-order valence-electron chi connectivity index (χ4n) is 4.38. The van der Waals surface area contributed by atoms with Crippen LogP contribution in [0, 0.1) is 5.82 Å². The number of carbonyl (C=O) groups is 1. The molecule has 0 unspecified atom stereocenters. The van der Waals surface area contributed by atoms with E-state index in [4.69, 9.17) is 5.11 Å². The van der Waals surface area contributed by atoms with Crippen LogP contribution in [0.15, 0.2) is 67.3 Å². The van der Waals surface area contributed by atoms with Crippen LogP contribution < -0.4 is 4.31 Å². The number of sulfonamides is 1. The van der Waals surface area contributed by atoms with Gasteiger partial charge in [-0.25, -0.2) is 36.7 Å². The predicted molar refractivity (Wildman–Crippen MR) is 158 cm³/mol. The molecule has 2 heterocycles. The molecule has 4 rings (SSSR count). The summed E-state index contributed by atoms with van der Waals surface area (Å²) >= 11 is 0. The van der Waals surface area contributed by atoms with Crippen LogP contribution in [-0.2, 0) is 14.8 Å². The second-order valence-corrected chi connectivity index (χ2v) is 12.0. The predicted octanol–water partition coefficient (Wildman–Crippen LogP) is 3.68. The molecule has 0 bridgehead atoms. The summed E-state index contributed by atoms with van der Waals surface area (Å²) in [6.07, 6.45) is 3.60. The molecule has 2 aromatic carbocycles. The van der Waals surface area contributed by atoms with Gasteiger partial charge >= 0.3 is 5.97 Å². The van der Waals surface area contributed by atoms with Crippen LogP contribution in [0.1, 0.15) is 43.9 Å². The minimum Gasteiger partial charge on any atom is -0.481 e. The maximum absolute atomic E-state index is 13.9. The van der Waals surface area contributed by atoms with Crippen LogP contribution in [0.3, 0.4) is 0 Å². The third-order valence-corrected chi connectivity index (χ3v) is 7.35. The van der Waals surface area contributed by atoms with Gasteiger partial charge in [0.15, 0.2) is 0 Å². The van der Waals surface area contributed by atoms with E-state index in [-0.39, 0.29) is 29.7 Å². The molecular formula is C29H31FN6O6S. The Bertz CT molecular complexity index is 1690. The molecule has 0 radical (unpaired) electrons. The zero-order chi connectivity index (χ0) is 31.3. The fourth-order valence-corrected chi connectivity index (χ4v) is 5.27. The molecule has 0 amide bonds. The van der Waals surface area contributed by atoms with Crippen molar-refractivity contribution in [2.45, 2.75) is 44.8 Å². The van der Waals surface area contributed by atoms with Crippen molar-refractivity contribution in [3.63, 3.8) is 0 Å². The van der Waals surface area contributed by atoms with Gasteiger partial charge in [-0.2, -0.15) is 5.10 Å². The second-order valence-electron chi connectivity index (χ2n) is 10.1. The fraction of sp³-hybridized carbons (Fsp3) is 0.276. The highest BCUT2D eigenvalue weighted by Crippen LogP contribution is 2.34. The van der Waals surface area contributed by atoms with E-state index in [1.54, 1.807) is 24.3 Å².